The largest absolute Gasteiger partial charge is 0.356 e. The van der Waals surface area contributed by atoms with E-state index < -0.39 is 0 Å². The van der Waals surface area contributed by atoms with Crippen molar-refractivity contribution < 1.29 is 4.39 Å². The van der Waals surface area contributed by atoms with E-state index in [1.165, 1.54) is 0 Å². The highest BCUT2D eigenvalue weighted by molar-refractivity contribution is 7.79. The van der Waals surface area contributed by atoms with Crippen LogP contribution in [0.25, 0.3) is 21.8 Å². The fourth-order valence-electron chi connectivity index (χ4n) is 3.17. The number of thiol groups is 1. The number of anilines is 2. The molecule has 5 heteroatoms. The molecular weight excluding hydrogens is 465 g/mol. The van der Waals surface area contributed by atoms with Crippen LogP contribution in [0, 0.1) is 0 Å². The van der Waals surface area contributed by atoms with Crippen molar-refractivity contribution >= 4 is 46.0 Å². The average molecular weight is 512 g/mol. The molecule has 0 atom stereocenters. The standard InChI is InChI=1S/C24H25N3S.3C2H6.CH3F/c1-5-9-17(7-3)25-19-11-13-23-21(15-19)22-16-20(12-14-24(22)27(23)28)26-18(8-4)10-6-2;4*1-2/h5-16,25-26,28H,1,3H2,2,4H3;3*1-2H3;1H3/b10-6-,17-9+,18-8+;;;;. The van der Waals surface area contributed by atoms with Crippen LogP contribution >= 0.6 is 12.8 Å². The van der Waals surface area contributed by atoms with Crippen molar-refractivity contribution in [2.24, 2.45) is 0 Å². The molecule has 0 saturated heterocycles. The van der Waals surface area contributed by atoms with E-state index in [1.54, 1.807) is 12.2 Å². The molecule has 198 valence electrons. The van der Waals surface area contributed by atoms with E-state index in [-0.39, 0.29) is 0 Å². The molecule has 0 bridgehead atoms. The molecular formula is C31H46FN3S. The molecule has 2 N–H and O–H groups in total. The predicted octanol–water partition coefficient (Wildman–Crippen LogP) is 10.7. The Morgan fingerprint density at radius 1 is 0.806 bits per heavy atom. The zero-order chi connectivity index (χ0) is 28.1. The number of alkyl halides is 1. The van der Waals surface area contributed by atoms with Crippen molar-refractivity contribution in [3.8, 4) is 0 Å². The summed E-state index contributed by atoms with van der Waals surface area (Å²) in [5.41, 5.74) is 6.12. The average Bonchev–Trinajstić information content (AvgIpc) is 3.23. The minimum absolute atomic E-state index is 0.500. The third kappa shape index (κ3) is 9.82. The number of hydrogen-bond acceptors (Lipinski definition) is 3. The minimum atomic E-state index is 0.500. The maximum atomic E-state index is 9.50. The monoisotopic (exact) mass is 511 g/mol. The van der Waals surface area contributed by atoms with Crippen molar-refractivity contribution in [2.45, 2.75) is 55.4 Å². The Morgan fingerprint density at radius 2 is 1.25 bits per heavy atom. The molecule has 0 radical (unpaired) electrons. The molecule has 0 aliphatic carbocycles. The lowest BCUT2D eigenvalue weighted by Crippen LogP contribution is -1.96. The molecule has 0 fully saturated rings. The van der Waals surface area contributed by atoms with E-state index >= 15 is 0 Å². The molecule has 0 aliphatic rings. The quantitative estimate of drug-likeness (QED) is 0.217. The second-order valence-corrected chi connectivity index (χ2v) is 6.73. The maximum Gasteiger partial charge on any atom is 0.0785 e. The Balaban J connectivity index is 0. The van der Waals surface area contributed by atoms with Crippen molar-refractivity contribution in [2.75, 3.05) is 17.8 Å². The van der Waals surface area contributed by atoms with Crippen LogP contribution in [0.3, 0.4) is 0 Å². The van der Waals surface area contributed by atoms with Crippen molar-refractivity contribution in [3.05, 3.63) is 97.4 Å². The van der Waals surface area contributed by atoms with Gasteiger partial charge in [0.25, 0.3) is 0 Å². The van der Waals surface area contributed by atoms with Gasteiger partial charge < -0.3 is 10.6 Å². The van der Waals surface area contributed by atoms with Gasteiger partial charge in [-0.1, -0.05) is 85.7 Å². The first-order valence-electron chi connectivity index (χ1n) is 12.5. The highest BCUT2D eigenvalue weighted by Crippen LogP contribution is 2.34. The highest BCUT2D eigenvalue weighted by atomic mass is 32.1. The number of fused-ring (bicyclic) bond motifs is 3. The van der Waals surface area contributed by atoms with Gasteiger partial charge in [0.2, 0.25) is 0 Å². The molecule has 0 saturated carbocycles. The normalized spacial score (nSPS) is 10.5. The lowest BCUT2D eigenvalue weighted by molar-refractivity contribution is 0.636. The lowest BCUT2D eigenvalue weighted by Gasteiger charge is -2.08. The Kier molecular flexibility index (Phi) is 20.5. The van der Waals surface area contributed by atoms with Crippen molar-refractivity contribution in [1.82, 2.24) is 3.97 Å². The van der Waals surface area contributed by atoms with Crippen molar-refractivity contribution in [1.29, 1.82) is 0 Å². The molecule has 3 nitrogen and oxygen atoms in total. The summed E-state index contributed by atoms with van der Waals surface area (Å²) in [7, 11) is 0.500. The summed E-state index contributed by atoms with van der Waals surface area (Å²) >= 11 is 4.69. The summed E-state index contributed by atoms with van der Waals surface area (Å²) in [4.78, 5) is 0. The van der Waals surface area contributed by atoms with E-state index in [0.717, 1.165) is 44.6 Å². The van der Waals surface area contributed by atoms with Gasteiger partial charge in [-0.15, -0.1) is 0 Å². The molecule has 3 rings (SSSR count). The van der Waals surface area contributed by atoms with Crippen LogP contribution in [0.2, 0.25) is 0 Å². The van der Waals surface area contributed by atoms with Gasteiger partial charge in [0.1, 0.15) is 0 Å². The van der Waals surface area contributed by atoms with E-state index in [4.69, 9.17) is 12.8 Å². The number of halogens is 1. The van der Waals surface area contributed by atoms with Gasteiger partial charge >= 0.3 is 0 Å². The first-order chi connectivity index (χ1) is 17.6. The molecule has 1 heterocycles. The van der Waals surface area contributed by atoms with Crippen LogP contribution in [0.15, 0.2) is 97.4 Å². The summed E-state index contributed by atoms with van der Waals surface area (Å²) in [6.45, 7) is 23.6. The molecule has 1 aromatic heterocycles. The third-order valence-electron chi connectivity index (χ3n) is 4.49. The number of benzene rings is 2. The van der Waals surface area contributed by atoms with Gasteiger partial charge in [-0.25, -0.2) is 0 Å². The summed E-state index contributed by atoms with van der Waals surface area (Å²) in [5, 5.41) is 9.11. The number of aromatic nitrogens is 1. The highest BCUT2D eigenvalue weighted by Gasteiger charge is 2.11. The Morgan fingerprint density at radius 3 is 1.61 bits per heavy atom. The van der Waals surface area contributed by atoms with Crippen molar-refractivity contribution in [3.63, 3.8) is 0 Å². The Labute approximate surface area is 224 Å². The van der Waals surface area contributed by atoms with Gasteiger partial charge in [-0.3, -0.25) is 8.36 Å². The maximum absolute atomic E-state index is 9.50. The van der Waals surface area contributed by atoms with Crippen LogP contribution in [0.4, 0.5) is 15.8 Å². The van der Waals surface area contributed by atoms with Crippen LogP contribution < -0.4 is 10.6 Å². The van der Waals surface area contributed by atoms with Gasteiger partial charge in [0.05, 0.1) is 18.2 Å². The number of rotatable bonds is 7. The number of nitrogens with zero attached hydrogens (tertiary/aromatic N) is 1. The van der Waals surface area contributed by atoms with Crippen LogP contribution in [0.1, 0.15) is 55.4 Å². The number of nitrogens with one attached hydrogen (secondary N) is 2. The topological polar surface area (TPSA) is 29.0 Å². The summed E-state index contributed by atoms with van der Waals surface area (Å²) < 4.78 is 11.4. The van der Waals surface area contributed by atoms with Crippen LogP contribution in [-0.2, 0) is 0 Å². The minimum Gasteiger partial charge on any atom is -0.356 e. The summed E-state index contributed by atoms with van der Waals surface area (Å²) in [6.07, 6.45) is 11.5. The molecule has 0 amide bonds. The van der Waals surface area contributed by atoms with Gasteiger partial charge in [0.15, 0.2) is 0 Å². The predicted molar refractivity (Wildman–Crippen MR) is 169 cm³/mol. The fourth-order valence-corrected chi connectivity index (χ4v) is 3.52. The van der Waals surface area contributed by atoms with E-state index in [0.29, 0.717) is 7.18 Å². The SMILES string of the molecule is C=C/C=C(\C=C)Nc1ccc2c(c1)c1cc(NC(/C=C\C)=C/C)ccc1n2S.CC.CC.CC.CF. The fraction of sp³-hybridized carbons (Fsp3) is 0.290. The first kappa shape index (κ1) is 35.0. The second-order valence-electron chi connectivity index (χ2n) is 6.33. The molecule has 36 heavy (non-hydrogen) atoms. The molecule has 0 spiro atoms. The summed E-state index contributed by atoms with van der Waals surface area (Å²) in [6, 6.07) is 12.6. The Hall–Kier alpha value is -3.18. The first-order valence-corrected chi connectivity index (χ1v) is 12.9. The van der Waals surface area contributed by atoms with Gasteiger partial charge in [0, 0.05) is 33.5 Å². The lowest BCUT2D eigenvalue weighted by atomic mass is 10.1. The molecule has 0 unspecified atom stereocenters. The van der Waals surface area contributed by atoms with E-state index in [1.807, 2.05) is 77.6 Å². The van der Waals surface area contributed by atoms with Gasteiger partial charge in [-0.05, 0) is 68.5 Å². The van der Waals surface area contributed by atoms with Gasteiger partial charge in [-0.2, -0.15) is 0 Å². The zero-order valence-corrected chi connectivity index (χ0v) is 24.5. The van der Waals surface area contributed by atoms with Crippen LogP contribution in [-0.4, -0.2) is 11.1 Å². The molecule has 3 aromatic rings. The Bertz CT molecular complexity index is 1140. The molecule has 2 aromatic carbocycles. The van der Waals surface area contributed by atoms with E-state index in [9.17, 15) is 4.39 Å². The summed E-state index contributed by atoms with van der Waals surface area (Å²) in [5.74, 6) is 0. The smallest absolute Gasteiger partial charge is 0.0785 e. The third-order valence-corrected chi connectivity index (χ3v) is 4.92. The van der Waals surface area contributed by atoms with Crippen LogP contribution in [0.5, 0.6) is 0 Å². The van der Waals surface area contributed by atoms with E-state index in [2.05, 4.69) is 66.3 Å². The number of hydrogen-bond donors (Lipinski definition) is 3. The molecule has 0 aliphatic heterocycles. The number of allylic oxidation sites excluding steroid dienone is 6. The second kappa shape index (κ2) is 21.1. The zero-order valence-electron chi connectivity index (χ0n) is 23.6.